The van der Waals surface area contributed by atoms with Gasteiger partial charge in [-0.05, 0) is 30.2 Å². The van der Waals surface area contributed by atoms with E-state index in [1.807, 2.05) is 31.2 Å². The highest BCUT2D eigenvalue weighted by molar-refractivity contribution is 6.02. The van der Waals surface area contributed by atoms with Gasteiger partial charge in [0.15, 0.2) is 17.3 Å². The van der Waals surface area contributed by atoms with Crippen LogP contribution in [0.15, 0.2) is 60.8 Å². The molecule has 0 bridgehead atoms. The smallest absolute Gasteiger partial charge is 0.174 e. The van der Waals surface area contributed by atoms with Crippen LogP contribution < -0.4 is 14.2 Å². The number of methoxy groups -OCH3 is 1. The summed E-state index contributed by atoms with van der Waals surface area (Å²) >= 11 is 0. The van der Waals surface area contributed by atoms with Crippen molar-refractivity contribution in [2.45, 2.75) is 32.6 Å². The Labute approximate surface area is 207 Å². The van der Waals surface area contributed by atoms with Gasteiger partial charge in [-0.3, -0.25) is 4.79 Å². The van der Waals surface area contributed by atoms with Crippen LogP contribution in [0, 0.1) is 6.92 Å². The van der Waals surface area contributed by atoms with Crippen molar-refractivity contribution in [3.8, 4) is 28.7 Å². The second-order valence-electron chi connectivity index (χ2n) is 8.66. The lowest BCUT2D eigenvalue weighted by Crippen LogP contribution is -2.20. The van der Waals surface area contributed by atoms with Gasteiger partial charge in [-0.1, -0.05) is 41.1 Å². The number of phenolic OH excluding ortho intramolecular Hbond substituents is 2. The number of fused-ring (bicyclic) bond motifs is 1. The molecule has 0 amide bonds. The number of aryl methyl sites for hydroxylation is 1. The Kier molecular flexibility index (Phi) is 6.20. The highest BCUT2D eigenvalue weighted by atomic mass is 16.5. The standard InChI is InChI=1S/C27H25N3O6/c1-16-3-5-17(6-4-16)13-30-14-19(28-29-30)15-35-20-10-22(32)27-23(33)12-25(36-26(27)11-20)18-7-8-24(34-2)21(31)9-18/h3-11,14,25,31-32H,12-13,15H2,1-2H3/t25-/m0/s1. The van der Waals surface area contributed by atoms with Crippen LogP contribution in [0.4, 0.5) is 0 Å². The van der Waals surface area contributed by atoms with Gasteiger partial charge in [0.05, 0.1) is 26.3 Å². The van der Waals surface area contributed by atoms with E-state index in [4.69, 9.17) is 14.2 Å². The first-order chi connectivity index (χ1) is 17.4. The summed E-state index contributed by atoms with van der Waals surface area (Å²) in [4.78, 5) is 12.8. The van der Waals surface area contributed by atoms with Crippen molar-refractivity contribution in [2.75, 3.05) is 7.11 Å². The SMILES string of the molecule is COc1ccc([C@@H]2CC(=O)c3c(O)cc(OCc4cn(Cc5ccc(C)cc5)nn4)cc3O2)cc1O. The van der Waals surface area contributed by atoms with Gasteiger partial charge in [0.1, 0.15) is 41.2 Å². The molecule has 1 atom stereocenters. The fourth-order valence-electron chi connectivity index (χ4n) is 4.11. The molecular formula is C27H25N3O6. The third-order valence-corrected chi connectivity index (χ3v) is 5.99. The van der Waals surface area contributed by atoms with Gasteiger partial charge in [0.2, 0.25) is 0 Å². The molecule has 9 nitrogen and oxygen atoms in total. The summed E-state index contributed by atoms with van der Waals surface area (Å²) in [6.45, 7) is 2.75. The van der Waals surface area contributed by atoms with E-state index < -0.39 is 6.10 Å². The minimum absolute atomic E-state index is 0.0244. The molecule has 4 aromatic rings. The zero-order valence-electron chi connectivity index (χ0n) is 19.8. The first-order valence-corrected chi connectivity index (χ1v) is 11.4. The quantitative estimate of drug-likeness (QED) is 0.396. The molecule has 184 valence electrons. The predicted molar refractivity (Wildman–Crippen MR) is 130 cm³/mol. The second-order valence-corrected chi connectivity index (χ2v) is 8.66. The second kappa shape index (κ2) is 9.61. The minimum atomic E-state index is -0.627. The van der Waals surface area contributed by atoms with E-state index in [9.17, 15) is 15.0 Å². The number of carbonyl (C=O) groups is 1. The number of aromatic nitrogens is 3. The lowest BCUT2D eigenvalue weighted by molar-refractivity contribution is 0.0844. The molecule has 5 rings (SSSR count). The maximum absolute atomic E-state index is 12.8. The summed E-state index contributed by atoms with van der Waals surface area (Å²) in [5.41, 5.74) is 3.64. The molecule has 1 aliphatic heterocycles. The Hall–Kier alpha value is -4.53. The number of ketones is 1. The molecule has 2 heterocycles. The monoisotopic (exact) mass is 487 g/mol. The molecular weight excluding hydrogens is 462 g/mol. The largest absolute Gasteiger partial charge is 0.507 e. The van der Waals surface area contributed by atoms with Gasteiger partial charge in [-0.25, -0.2) is 4.68 Å². The van der Waals surface area contributed by atoms with Crippen LogP contribution in [-0.2, 0) is 13.2 Å². The molecule has 0 saturated carbocycles. The lowest BCUT2D eigenvalue weighted by Gasteiger charge is -2.26. The number of aromatic hydroxyl groups is 2. The zero-order chi connectivity index (χ0) is 25.2. The Morgan fingerprint density at radius 1 is 1.08 bits per heavy atom. The maximum Gasteiger partial charge on any atom is 0.174 e. The molecule has 2 N–H and O–H groups in total. The maximum atomic E-state index is 12.8. The first-order valence-electron chi connectivity index (χ1n) is 11.4. The van der Waals surface area contributed by atoms with Crippen LogP contribution in [0.25, 0.3) is 0 Å². The number of rotatable bonds is 7. The summed E-state index contributed by atoms with van der Waals surface area (Å²) in [6.07, 6.45) is 1.19. The molecule has 3 aromatic carbocycles. The van der Waals surface area contributed by atoms with Gasteiger partial charge in [-0.15, -0.1) is 5.10 Å². The fourth-order valence-corrected chi connectivity index (χ4v) is 4.11. The Morgan fingerprint density at radius 2 is 1.89 bits per heavy atom. The van der Waals surface area contributed by atoms with E-state index in [0.29, 0.717) is 29.3 Å². The van der Waals surface area contributed by atoms with E-state index in [0.717, 1.165) is 5.56 Å². The fraction of sp³-hybridized carbons (Fsp3) is 0.222. The number of ether oxygens (including phenoxy) is 3. The molecule has 0 radical (unpaired) electrons. The van der Waals surface area contributed by atoms with Crippen molar-refractivity contribution in [1.29, 1.82) is 0 Å². The average Bonchev–Trinajstić information content (AvgIpc) is 3.31. The summed E-state index contributed by atoms with van der Waals surface area (Å²) in [5, 5.41) is 28.9. The van der Waals surface area contributed by atoms with Gasteiger partial charge < -0.3 is 24.4 Å². The van der Waals surface area contributed by atoms with Crippen molar-refractivity contribution in [1.82, 2.24) is 15.0 Å². The van der Waals surface area contributed by atoms with Gasteiger partial charge in [0, 0.05) is 12.1 Å². The van der Waals surface area contributed by atoms with Gasteiger partial charge >= 0.3 is 0 Å². The third kappa shape index (κ3) is 4.81. The van der Waals surface area contributed by atoms with Crippen molar-refractivity contribution < 1.29 is 29.2 Å². The molecule has 9 heteroatoms. The molecule has 1 aliphatic rings. The average molecular weight is 488 g/mol. The first kappa shape index (κ1) is 23.2. The minimum Gasteiger partial charge on any atom is -0.507 e. The molecule has 0 unspecified atom stereocenters. The van der Waals surface area contributed by atoms with Crippen molar-refractivity contribution >= 4 is 5.78 Å². The summed E-state index contributed by atoms with van der Waals surface area (Å²) in [7, 11) is 1.46. The highest BCUT2D eigenvalue weighted by Crippen LogP contribution is 2.43. The molecule has 0 fully saturated rings. The van der Waals surface area contributed by atoms with E-state index in [2.05, 4.69) is 10.3 Å². The van der Waals surface area contributed by atoms with Crippen molar-refractivity contribution in [3.63, 3.8) is 0 Å². The Balaban J connectivity index is 1.29. The number of benzene rings is 3. The van der Waals surface area contributed by atoms with E-state index in [1.165, 1.54) is 24.8 Å². The number of Topliss-reactive ketones (excluding diaryl/α,β-unsaturated/α-hetero) is 1. The van der Waals surface area contributed by atoms with Crippen LogP contribution in [0.2, 0.25) is 0 Å². The van der Waals surface area contributed by atoms with Crippen LogP contribution in [0.3, 0.4) is 0 Å². The van der Waals surface area contributed by atoms with Crippen molar-refractivity contribution in [2.24, 2.45) is 0 Å². The predicted octanol–water partition coefficient (Wildman–Crippen LogP) is 4.34. The molecule has 36 heavy (non-hydrogen) atoms. The lowest BCUT2D eigenvalue weighted by atomic mass is 9.95. The zero-order valence-corrected chi connectivity index (χ0v) is 19.8. The summed E-state index contributed by atoms with van der Waals surface area (Å²) in [5.74, 6) is 0.332. The van der Waals surface area contributed by atoms with Crippen LogP contribution in [-0.4, -0.2) is 38.1 Å². The summed E-state index contributed by atoms with van der Waals surface area (Å²) in [6, 6.07) is 16.0. The topological polar surface area (TPSA) is 116 Å². The van der Waals surface area contributed by atoms with Gasteiger partial charge in [-0.2, -0.15) is 0 Å². The van der Waals surface area contributed by atoms with Crippen LogP contribution in [0.1, 0.15) is 45.3 Å². The number of hydrogen-bond acceptors (Lipinski definition) is 8. The molecule has 0 saturated heterocycles. The highest BCUT2D eigenvalue weighted by Gasteiger charge is 2.31. The molecule has 0 spiro atoms. The number of nitrogens with zero attached hydrogens (tertiary/aromatic N) is 3. The normalized spacial score (nSPS) is 14.7. The number of hydrogen-bond donors (Lipinski definition) is 2. The third-order valence-electron chi connectivity index (χ3n) is 5.99. The summed E-state index contributed by atoms with van der Waals surface area (Å²) < 4.78 is 18.6. The van der Waals surface area contributed by atoms with Crippen LogP contribution >= 0.6 is 0 Å². The van der Waals surface area contributed by atoms with E-state index in [1.54, 1.807) is 29.1 Å². The van der Waals surface area contributed by atoms with E-state index >= 15 is 0 Å². The Bertz CT molecular complexity index is 1410. The number of phenols is 2. The van der Waals surface area contributed by atoms with Gasteiger partial charge in [0.25, 0.3) is 0 Å². The molecule has 1 aromatic heterocycles. The van der Waals surface area contributed by atoms with Crippen LogP contribution in [0.5, 0.6) is 28.7 Å². The van der Waals surface area contributed by atoms with E-state index in [-0.39, 0.29) is 41.6 Å². The van der Waals surface area contributed by atoms with Crippen molar-refractivity contribution in [3.05, 3.63) is 88.7 Å². The number of carbonyl (C=O) groups excluding carboxylic acids is 1. The Morgan fingerprint density at radius 3 is 2.64 bits per heavy atom. The molecule has 0 aliphatic carbocycles.